The molecular weight excluding hydrogens is 212 g/mol. The van der Waals surface area contributed by atoms with Gasteiger partial charge in [0.2, 0.25) is 5.88 Å². The van der Waals surface area contributed by atoms with Crippen molar-refractivity contribution < 1.29 is 5.11 Å². The second kappa shape index (κ2) is 5.91. The van der Waals surface area contributed by atoms with E-state index < -0.39 is 0 Å². The van der Waals surface area contributed by atoms with Gasteiger partial charge in [-0.05, 0) is 6.42 Å². The highest BCUT2D eigenvalue weighted by atomic mass is 35.5. The number of rotatable bonds is 5. The molecule has 0 saturated carbocycles. The molecule has 0 spiro atoms. The van der Waals surface area contributed by atoms with Crippen LogP contribution in [0.3, 0.4) is 0 Å². The molecule has 1 N–H and O–H groups in total. The van der Waals surface area contributed by atoms with Crippen molar-refractivity contribution >= 4 is 11.6 Å². The van der Waals surface area contributed by atoms with Crippen LogP contribution >= 0.6 is 11.6 Å². The molecule has 1 aromatic heterocycles. The molecule has 84 valence electrons. The molecule has 0 amide bonds. The molecule has 3 nitrogen and oxygen atoms in total. The summed E-state index contributed by atoms with van der Waals surface area (Å²) in [5.74, 6) is 1.29. The molecule has 0 fully saturated rings. The number of hydrogen-bond acceptors (Lipinski definition) is 3. The summed E-state index contributed by atoms with van der Waals surface area (Å²) < 4.78 is 0. The van der Waals surface area contributed by atoms with E-state index in [1.165, 1.54) is 6.07 Å². The molecule has 0 aliphatic rings. The van der Waals surface area contributed by atoms with Gasteiger partial charge >= 0.3 is 0 Å². The Morgan fingerprint density at radius 1 is 1.47 bits per heavy atom. The molecule has 0 aliphatic heterocycles. The van der Waals surface area contributed by atoms with Crippen LogP contribution in [0.4, 0.5) is 0 Å². The van der Waals surface area contributed by atoms with Crippen molar-refractivity contribution in [2.75, 3.05) is 0 Å². The van der Waals surface area contributed by atoms with Crippen LogP contribution in [0.25, 0.3) is 0 Å². The Hall–Kier alpha value is -0.830. The van der Waals surface area contributed by atoms with Gasteiger partial charge in [0.05, 0.1) is 11.6 Å². The molecule has 0 saturated heterocycles. The van der Waals surface area contributed by atoms with Crippen LogP contribution in [0, 0.1) is 0 Å². The largest absolute Gasteiger partial charge is 0.493 e. The molecule has 1 unspecified atom stereocenters. The summed E-state index contributed by atoms with van der Waals surface area (Å²) in [6, 6.07) is 1.50. The minimum Gasteiger partial charge on any atom is -0.493 e. The van der Waals surface area contributed by atoms with Gasteiger partial charge in [0.25, 0.3) is 0 Å². The number of nitrogens with zero attached hydrogens (tertiary/aromatic N) is 2. The summed E-state index contributed by atoms with van der Waals surface area (Å²) >= 11 is 5.68. The van der Waals surface area contributed by atoms with E-state index >= 15 is 0 Å². The zero-order valence-electron chi connectivity index (χ0n) is 9.20. The Labute approximate surface area is 95.5 Å². The van der Waals surface area contributed by atoms with E-state index in [2.05, 4.69) is 23.8 Å². The number of unbranched alkanes of at least 4 members (excludes halogenated alkanes) is 1. The number of aromatic nitrogens is 2. The first-order chi connectivity index (χ1) is 7.17. The molecular formula is C11H17ClN2O. The fourth-order valence-electron chi connectivity index (χ4n) is 1.43. The Kier molecular flexibility index (Phi) is 4.82. The summed E-state index contributed by atoms with van der Waals surface area (Å²) in [6.45, 7) is 4.22. The quantitative estimate of drug-likeness (QED) is 0.788. The molecule has 0 bridgehead atoms. The van der Waals surface area contributed by atoms with Crippen LogP contribution in [0.5, 0.6) is 5.88 Å². The highest BCUT2D eigenvalue weighted by Gasteiger charge is 2.10. The second-order valence-corrected chi connectivity index (χ2v) is 4.02. The monoisotopic (exact) mass is 228 g/mol. The third-order valence-electron chi connectivity index (χ3n) is 2.35. The normalized spacial score (nSPS) is 12.7. The number of alkyl halides is 1. The summed E-state index contributed by atoms with van der Waals surface area (Å²) in [5, 5.41) is 9.39. The number of aromatic hydroxyl groups is 1. The molecule has 0 radical (unpaired) electrons. The van der Waals surface area contributed by atoms with E-state index in [0.717, 1.165) is 19.3 Å². The van der Waals surface area contributed by atoms with Crippen LogP contribution in [0.15, 0.2) is 6.07 Å². The summed E-state index contributed by atoms with van der Waals surface area (Å²) in [5.41, 5.74) is 0.683. The SMILES string of the molecule is CCCCC(C)c1nc(O)cc(CCl)n1. The lowest BCUT2D eigenvalue weighted by Gasteiger charge is -2.10. The minimum atomic E-state index is 0.0130. The first-order valence-corrected chi connectivity index (χ1v) is 5.83. The van der Waals surface area contributed by atoms with Crippen LogP contribution in [-0.2, 0) is 5.88 Å². The molecule has 1 aromatic rings. The van der Waals surface area contributed by atoms with Crippen molar-refractivity contribution in [2.24, 2.45) is 0 Å². The number of halogens is 1. The van der Waals surface area contributed by atoms with E-state index in [4.69, 9.17) is 11.6 Å². The zero-order valence-corrected chi connectivity index (χ0v) is 9.96. The second-order valence-electron chi connectivity index (χ2n) is 3.75. The van der Waals surface area contributed by atoms with Gasteiger partial charge in [-0.1, -0.05) is 26.7 Å². The third-order valence-corrected chi connectivity index (χ3v) is 2.63. The van der Waals surface area contributed by atoms with Gasteiger partial charge in [0.1, 0.15) is 5.82 Å². The lowest BCUT2D eigenvalue weighted by Crippen LogP contribution is -2.03. The van der Waals surface area contributed by atoms with Gasteiger partial charge < -0.3 is 5.11 Å². The third kappa shape index (κ3) is 3.67. The maximum atomic E-state index is 9.39. The summed E-state index contributed by atoms with van der Waals surface area (Å²) in [4.78, 5) is 8.32. The van der Waals surface area contributed by atoms with E-state index in [-0.39, 0.29) is 11.8 Å². The van der Waals surface area contributed by atoms with E-state index in [1.807, 2.05) is 0 Å². The topological polar surface area (TPSA) is 46.0 Å². The maximum Gasteiger partial charge on any atom is 0.214 e. The van der Waals surface area contributed by atoms with E-state index in [9.17, 15) is 5.11 Å². The van der Waals surface area contributed by atoms with E-state index in [1.54, 1.807) is 0 Å². The highest BCUT2D eigenvalue weighted by Crippen LogP contribution is 2.20. The smallest absolute Gasteiger partial charge is 0.214 e. The lowest BCUT2D eigenvalue weighted by molar-refractivity contribution is 0.443. The van der Waals surface area contributed by atoms with Gasteiger partial charge in [0, 0.05) is 12.0 Å². The van der Waals surface area contributed by atoms with Crippen LogP contribution in [-0.4, -0.2) is 15.1 Å². The van der Waals surface area contributed by atoms with Crippen molar-refractivity contribution in [1.29, 1.82) is 0 Å². The maximum absolute atomic E-state index is 9.39. The van der Waals surface area contributed by atoms with E-state index in [0.29, 0.717) is 17.4 Å². The fourth-order valence-corrected chi connectivity index (χ4v) is 1.57. The molecule has 0 aromatic carbocycles. The Morgan fingerprint density at radius 3 is 2.80 bits per heavy atom. The van der Waals surface area contributed by atoms with Gasteiger partial charge in [-0.15, -0.1) is 11.6 Å². The minimum absolute atomic E-state index is 0.0130. The number of hydrogen-bond donors (Lipinski definition) is 1. The van der Waals surface area contributed by atoms with Gasteiger partial charge in [-0.25, -0.2) is 4.98 Å². The van der Waals surface area contributed by atoms with Crippen LogP contribution in [0.2, 0.25) is 0 Å². The van der Waals surface area contributed by atoms with Crippen molar-refractivity contribution in [3.63, 3.8) is 0 Å². The average Bonchev–Trinajstić information content (AvgIpc) is 2.24. The Bertz CT molecular complexity index is 317. The summed E-state index contributed by atoms with van der Waals surface area (Å²) in [6.07, 6.45) is 3.35. The van der Waals surface area contributed by atoms with Gasteiger partial charge in [-0.3, -0.25) is 0 Å². The molecule has 1 rings (SSSR count). The van der Waals surface area contributed by atoms with Crippen molar-refractivity contribution in [3.05, 3.63) is 17.6 Å². The van der Waals surface area contributed by atoms with Gasteiger partial charge in [0.15, 0.2) is 0 Å². The van der Waals surface area contributed by atoms with Crippen molar-refractivity contribution in [1.82, 2.24) is 9.97 Å². The fraction of sp³-hybridized carbons (Fsp3) is 0.636. The lowest BCUT2D eigenvalue weighted by atomic mass is 10.0. The first-order valence-electron chi connectivity index (χ1n) is 5.30. The molecule has 1 atom stereocenters. The van der Waals surface area contributed by atoms with Crippen molar-refractivity contribution in [2.45, 2.75) is 44.9 Å². The molecule has 15 heavy (non-hydrogen) atoms. The Balaban J connectivity index is 2.78. The zero-order chi connectivity index (χ0) is 11.3. The predicted octanol–water partition coefficient (Wildman–Crippen LogP) is 3.21. The summed E-state index contributed by atoms with van der Waals surface area (Å²) in [7, 11) is 0. The molecule has 1 heterocycles. The van der Waals surface area contributed by atoms with Gasteiger partial charge in [-0.2, -0.15) is 4.98 Å². The van der Waals surface area contributed by atoms with Crippen LogP contribution in [0.1, 0.15) is 50.5 Å². The first kappa shape index (κ1) is 12.2. The predicted molar refractivity (Wildman–Crippen MR) is 61.2 cm³/mol. The van der Waals surface area contributed by atoms with Crippen LogP contribution < -0.4 is 0 Å². The average molecular weight is 229 g/mol. The standard InChI is InChI=1S/C11H17ClN2O/c1-3-4-5-8(2)11-13-9(7-12)6-10(15)14-11/h6,8H,3-5,7H2,1-2H3,(H,13,14,15). The molecule has 4 heteroatoms. The Morgan fingerprint density at radius 2 is 2.20 bits per heavy atom. The van der Waals surface area contributed by atoms with Crippen molar-refractivity contribution in [3.8, 4) is 5.88 Å². The molecule has 0 aliphatic carbocycles. The highest BCUT2D eigenvalue weighted by molar-refractivity contribution is 6.16.